The second-order valence-electron chi connectivity index (χ2n) is 8.61. The summed E-state index contributed by atoms with van der Waals surface area (Å²) in [6, 6.07) is 4.45. The number of hydroxylamine groups is 1. The SMILES string of the molecule is CCOC(=O)C1CCN(C(=O)CCN(C(C(=O)NO)C(C)C)S(=O)(=O)c2ccc(OC)cc2)CC1. The molecule has 0 bridgehead atoms. The maximum absolute atomic E-state index is 13.5. The summed E-state index contributed by atoms with van der Waals surface area (Å²) in [6.45, 7) is 5.80. The van der Waals surface area contributed by atoms with E-state index in [0.29, 0.717) is 38.3 Å². The van der Waals surface area contributed by atoms with Crippen molar-refractivity contribution < 1.29 is 37.5 Å². The van der Waals surface area contributed by atoms with Crippen molar-refractivity contribution in [2.45, 2.75) is 51.0 Å². The number of methoxy groups -OCH3 is 1. The molecule has 1 fully saturated rings. The van der Waals surface area contributed by atoms with Crippen molar-refractivity contribution in [2.24, 2.45) is 11.8 Å². The first-order valence-electron chi connectivity index (χ1n) is 11.6. The van der Waals surface area contributed by atoms with E-state index in [2.05, 4.69) is 0 Å². The van der Waals surface area contributed by atoms with Gasteiger partial charge in [-0.1, -0.05) is 13.8 Å². The van der Waals surface area contributed by atoms with E-state index in [-0.39, 0.29) is 35.7 Å². The Morgan fingerprint density at radius 3 is 2.26 bits per heavy atom. The van der Waals surface area contributed by atoms with Crippen LogP contribution >= 0.6 is 0 Å². The number of hydrogen-bond acceptors (Lipinski definition) is 8. The minimum absolute atomic E-state index is 0.0719. The number of esters is 1. The Labute approximate surface area is 206 Å². The van der Waals surface area contributed by atoms with Crippen LogP contribution < -0.4 is 10.2 Å². The van der Waals surface area contributed by atoms with Crippen molar-refractivity contribution in [3.63, 3.8) is 0 Å². The number of sulfonamides is 1. The number of benzene rings is 1. The van der Waals surface area contributed by atoms with Crippen LogP contribution in [0.1, 0.15) is 40.0 Å². The fraction of sp³-hybridized carbons (Fsp3) is 0.609. The number of nitrogens with one attached hydrogen (secondary N) is 1. The lowest BCUT2D eigenvalue weighted by Gasteiger charge is -2.34. The zero-order valence-corrected chi connectivity index (χ0v) is 21.4. The van der Waals surface area contributed by atoms with Crippen LogP contribution in [0.2, 0.25) is 0 Å². The molecule has 1 heterocycles. The van der Waals surface area contributed by atoms with Gasteiger partial charge in [0.25, 0.3) is 5.91 Å². The molecule has 1 aliphatic heterocycles. The van der Waals surface area contributed by atoms with Crippen molar-refractivity contribution >= 4 is 27.8 Å². The molecule has 0 aliphatic carbocycles. The number of nitrogens with zero attached hydrogens (tertiary/aromatic N) is 2. The van der Waals surface area contributed by atoms with Crippen molar-refractivity contribution in [1.82, 2.24) is 14.7 Å². The van der Waals surface area contributed by atoms with Gasteiger partial charge in [-0.15, -0.1) is 0 Å². The molecule has 2 amide bonds. The average Bonchev–Trinajstić information content (AvgIpc) is 2.85. The molecule has 0 radical (unpaired) electrons. The van der Waals surface area contributed by atoms with Crippen LogP contribution in [0.4, 0.5) is 0 Å². The molecule has 1 aliphatic rings. The van der Waals surface area contributed by atoms with Crippen molar-refractivity contribution in [3.8, 4) is 5.75 Å². The fourth-order valence-corrected chi connectivity index (χ4v) is 5.83. The second kappa shape index (κ2) is 12.8. The number of carbonyl (C=O) groups excluding carboxylic acids is 3. The van der Waals surface area contributed by atoms with Gasteiger partial charge in [0, 0.05) is 26.1 Å². The summed E-state index contributed by atoms with van der Waals surface area (Å²) < 4.78 is 38.1. The molecule has 1 unspecified atom stereocenters. The molecule has 1 saturated heterocycles. The summed E-state index contributed by atoms with van der Waals surface area (Å²) in [5.41, 5.74) is 1.54. The van der Waals surface area contributed by atoms with Crippen molar-refractivity contribution in [1.29, 1.82) is 0 Å². The summed E-state index contributed by atoms with van der Waals surface area (Å²) >= 11 is 0. The van der Waals surface area contributed by atoms with E-state index in [1.807, 2.05) is 0 Å². The number of carbonyl (C=O) groups is 3. The zero-order valence-electron chi connectivity index (χ0n) is 20.6. The maximum atomic E-state index is 13.5. The Bertz CT molecular complexity index is 973. The molecule has 1 aromatic rings. The van der Waals surface area contributed by atoms with Gasteiger partial charge in [-0.3, -0.25) is 19.6 Å². The highest BCUT2D eigenvalue weighted by molar-refractivity contribution is 7.89. The van der Waals surface area contributed by atoms with Crippen LogP contribution in [-0.4, -0.2) is 80.0 Å². The molecule has 0 spiro atoms. The molecule has 0 aromatic heterocycles. The molecule has 1 atom stereocenters. The number of amides is 2. The van der Waals surface area contributed by atoms with Crippen LogP contribution in [0.3, 0.4) is 0 Å². The topological polar surface area (TPSA) is 143 Å². The Kier molecular flexibility index (Phi) is 10.5. The Morgan fingerprint density at radius 1 is 1.17 bits per heavy atom. The summed E-state index contributed by atoms with van der Waals surface area (Å²) in [5.74, 6) is -1.74. The minimum Gasteiger partial charge on any atom is -0.497 e. The van der Waals surface area contributed by atoms with E-state index in [9.17, 15) is 28.0 Å². The zero-order chi connectivity index (χ0) is 26.2. The predicted octanol–water partition coefficient (Wildman–Crippen LogP) is 1.41. The van der Waals surface area contributed by atoms with E-state index >= 15 is 0 Å². The summed E-state index contributed by atoms with van der Waals surface area (Å²) in [6.07, 6.45) is 0.779. The van der Waals surface area contributed by atoms with Gasteiger partial charge >= 0.3 is 5.97 Å². The van der Waals surface area contributed by atoms with Crippen LogP contribution in [0.15, 0.2) is 29.2 Å². The summed E-state index contributed by atoms with van der Waals surface area (Å²) in [5, 5.41) is 9.25. The van der Waals surface area contributed by atoms with E-state index in [1.165, 1.54) is 31.4 Å². The van der Waals surface area contributed by atoms with Crippen LogP contribution in [0.25, 0.3) is 0 Å². The highest BCUT2D eigenvalue weighted by Gasteiger charge is 2.38. The smallest absolute Gasteiger partial charge is 0.309 e. The average molecular weight is 514 g/mol. The number of ether oxygens (including phenoxy) is 2. The van der Waals surface area contributed by atoms with Gasteiger partial charge < -0.3 is 14.4 Å². The van der Waals surface area contributed by atoms with Gasteiger partial charge in [0.05, 0.1) is 24.5 Å². The monoisotopic (exact) mass is 513 g/mol. The van der Waals surface area contributed by atoms with Crippen LogP contribution in [-0.2, 0) is 29.1 Å². The standard InChI is InChI=1S/C23H35N3O8S/c1-5-34-23(29)17-10-13-25(14-11-17)20(27)12-15-26(21(16(2)3)22(28)24-30)35(31,32)19-8-6-18(33-4)7-9-19/h6-9,16-17,21,30H,5,10-15H2,1-4H3,(H,24,28). The first-order valence-corrected chi connectivity index (χ1v) is 13.0. The third-order valence-electron chi connectivity index (χ3n) is 6.00. The third kappa shape index (κ3) is 7.15. The van der Waals surface area contributed by atoms with E-state index in [4.69, 9.17) is 9.47 Å². The van der Waals surface area contributed by atoms with Crippen LogP contribution in [0, 0.1) is 11.8 Å². The van der Waals surface area contributed by atoms with Gasteiger partial charge in [0.1, 0.15) is 11.8 Å². The molecule has 12 heteroatoms. The Hall–Kier alpha value is -2.70. The summed E-state index contributed by atoms with van der Waals surface area (Å²) in [4.78, 5) is 38.8. The second-order valence-corrected chi connectivity index (χ2v) is 10.5. The van der Waals surface area contributed by atoms with Crippen molar-refractivity contribution in [3.05, 3.63) is 24.3 Å². The molecule has 2 N–H and O–H groups in total. The number of rotatable bonds is 11. The molecule has 11 nitrogen and oxygen atoms in total. The Morgan fingerprint density at radius 2 is 1.77 bits per heavy atom. The molecular weight excluding hydrogens is 478 g/mol. The molecule has 0 saturated carbocycles. The van der Waals surface area contributed by atoms with Gasteiger partial charge in [-0.25, -0.2) is 13.9 Å². The molecule has 2 rings (SSSR count). The highest BCUT2D eigenvalue weighted by atomic mass is 32.2. The molecular formula is C23H35N3O8S. The normalized spacial score (nSPS) is 15.7. The first kappa shape index (κ1) is 28.5. The molecule has 1 aromatic carbocycles. The number of likely N-dealkylation sites (tertiary alicyclic amines) is 1. The van der Waals surface area contributed by atoms with E-state index < -0.39 is 27.9 Å². The maximum Gasteiger partial charge on any atom is 0.309 e. The quantitative estimate of drug-likeness (QED) is 0.257. The largest absolute Gasteiger partial charge is 0.497 e. The number of piperidine rings is 1. The summed E-state index contributed by atoms with van der Waals surface area (Å²) in [7, 11) is -2.75. The highest BCUT2D eigenvalue weighted by Crippen LogP contribution is 2.25. The van der Waals surface area contributed by atoms with Gasteiger partial charge in [-0.05, 0) is 49.9 Å². The number of hydrogen-bond donors (Lipinski definition) is 2. The van der Waals surface area contributed by atoms with Gasteiger partial charge in [-0.2, -0.15) is 4.31 Å². The molecule has 35 heavy (non-hydrogen) atoms. The minimum atomic E-state index is -4.20. The van der Waals surface area contributed by atoms with Gasteiger partial charge in [0.2, 0.25) is 15.9 Å². The molecule has 196 valence electrons. The van der Waals surface area contributed by atoms with Crippen LogP contribution in [0.5, 0.6) is 5.75 Å². The Balaban J connectivity index is 2.21. The van der Waals surface area contributed by atoms with E-state index in [1.54, 1.807) is 31.2 Å². The van der Waals surface area contributed by atoms with Crippen molar-refractivity contribution in [2.75, 3.05) is 33.4 Å². The first-order chi connectivity index (χ1) is 16.6. The lowest BCUT2D eigenvalue weighted by Crippen LogP contribution is -2.52. The van der Waals surface area contributed by atoms with E-state index in [0.717, 1.165) is 4.31 Å². The fourth-order valence-electron chi connectivity index (χ4n) is 4.11. The lowest BCUT2D eigenvalue weighted by molar-refractivity contribution is -0.151. The lowest BCUT2D eigenvalue weighted by atomic mass is 9.97. The predicted molar refractivity (Wildman–Crippen MR) is 126 cm³/mol. The van der Waals surface area contributed by atoms with Gasteiger partial charge in [0.15, 0.2) is 0 Å². The third-order valence-corrected chi connectivity index (χ3v) is 7.90.